The Morgan fingerprint density at radius 3 is 2.92 bits per heavy atom. The summed E-state index contributed by atoms with van der Waals surface area (Å²) in [6, 6.07) is 0. The SMILES string of the molecule is OC[C@H]1OCO[C@@H]2COCO[C@@H]12. The number of aliphatic hydroxyl groups is 1. The van der Waals surface area contributed by atoms with Crippen LogP contribution in [0.2, 0.25) is 0 Å². The lowest BCUT2D eigenvalue weighted by Gasteiger charge is -2.39. The Morgan fingerprint density at radius 1 is 1.17 bits per heavy atom. The van der Waals surface area contributed by atoms with E-state index in [4.69, 9.17) is 24.1 Å². The normalized spacial score (nSPS) is 42.2. The van der Waals surface area contributed by atoms with E-state index in [2.05, 4.69) is 0 Å². The maximum Gasteiger partial charge on any atom is 0.147 e. The number of rotatable bonds is 1. The van der Waals surface area contributed by atoms with E-state index in [1.54, 1.807) is 0 Å². The molecule has 2 heterocycles. The molecule has 1 N–H and O–H groups in total. The lowest BCUT2D eigenvalue weighted by Crippen LogP contribution is -2.54. The molecule has 0 spiro atoms. The lowest BCUT2D eigenvalue weighted by atomic mass is 10.1. The monoisotopic (exact) mass is 176 g/mol. The van der Waals surface area contributed by atoms with Crippen LogP contribution < -0.4 is 0 Å². The Kier molecular flexibility index (Phi) is 2.57. The van der Waals surface area contributed by atoms with Crippen molar-refractivity contribution in [1.29, 1.82) is 0 Å². The molecule has 3 atom stereocenters. The molecule has 0 aromatic rings. The van der Waals surface area contributed by atoms with Crippen molar-refractivity contribution in [2.75, 3.05) is 26.8 Å². The smallest absolute Gasteiger partial charge is 0.147 e. The van der Waals surface area contributed by atoms with Crippen LogP contribution in [0.4, 0.5) is 0 Å². The molecule has 2 aliphatic heterocycles. The molecule has 0 saturated carbocycles. The third-order valence-electron chi connectivity index (χ3n) is 2.10. The molecule has 0 aromatic carbocycles. The maximum absolute atomic E-state index is 8.93. The fourth-order valence-electron chi connectivity index (χ4n) is 1.45. The quantitative estimate of drug-likeness (QED) is 0.560. The summed E-state index contributed by atoms with van der Waals surface area (Å²) in [7, 11) is 0. The fourth-order valence-corrected chi connectivity index (χ4v) is 1.45. The van der Waals surface area contributed by atoms with Crippen molar-refractivity contribution in [3.63, 3.8) is 0 Å². The van der Waals surface area contributed by atoms with Gasteiger partial charge >= 0.3 is 0 Å². The second-order valence-electron chi connectivity index (χ2n) is 2.83. The van der Waals surface area contributed by atoms with E-state index in [1.165, 1.54) is 0 Å². The van der Waals surface area contributed by atoms with Crippen LogP contribution in [0.15, 0.2) is 0 Å². The number of aliphatic hydroxyl groups excluding tert-OH is 1. The van der Waals surface area contributed by atoms with Crippen molar-refractivity contribution in [1.82, 2.24) is 0 Å². The Bertz CT molecular complexity index is 142. The summed E-state index contributed by atoms with van der Waals surface area (Å²) >= 11 is 0. The molecule has 5 nitrogen and oxygen atoms in total. The van der Waals surface area contributed by atoms with Crippen molar-refractivity contribution in [2.45, 2.75) is 18.3 Å². The number of fused-ring (bicyclic) bond motifs is 1. The molecule has 2 aliphatic rings. The van der Waals surface area contributed by atoms with Gasteiger partial charge in [-0.05, 0) is 0 Å². The Balaban J connectivity index is 1.99. The highest BCUT2D eigenvalue weighted by atomic mass is 16.7. The van der Waals surface area contributed by atoms with Crippen LogP contribution in [0, 0.1) is 0 Å². The van der Waals surface area contributed by atoms with Gasteiger partial charge in [-0.3, -0.25) is 0 Å². The highest BCUT2D eigenvalue weighted by molar-refractivity contribution is 4.82. The first-order valence-corrected chi connectivity index (χ1v) is 3.95. The van der Waals surface area contributed by atoms with Gasteiger partial charge < -0.3 is 24.1 Å². The van der Waals surface area contributed by atoms with Crippen molar-refractivity contribution in [3.8, 4) is 0 Å². The second-order valence-corrected chi connectivity index (χ2v) is 2.83. The molecule has 2 fully saturated rings. The molecule has 0 aromatic heterocycles. The molecule has 2 rings (SSSR count). The van der Waals surface area contributed by atoms with Gasteiger partial charge in [0.2, 0.25) is 0 Å². The number of ether oxygens (including phenoxy) is 4. The van der Waals surface area contributed by atoms with E-state index < -0.39 is 0 Å². The minimum atomic E-state index is -0.271. The third-order valence-corrected chi connectivity index (χ3v) is 2.10. The average Bonchev–Trinajstić information content (AvgIpc) is 2.17. The van der Waals surface area contributed by atoms with E-state index in [-0.39, 0.29) is 38.5 Å². The first kappa shape index (κ1) is 8.40. The van der Waals surface area contributed by atoms with Gasteiger partial charge in [0, 0.05) is 0 Å². The molecule has 0 unspecified atom stereocenters. The van der Waals surface area contributed by atoms with Crippen LogP contribution in [-0.4, -0.2) is 50.2 Å². The Morgan fingerprint density at radius 2 is 2.08 bits per heavy atom. The van der Waals surface area contributed by atoms with Gasteiger partial charge in [-0.15, -0.1) is 0 Å². The predicted octanol–water partition coefficient (Wildman–Crippen LogP) is -0.907. The summed E-state index contributed by atoms with van der Waals surface area (Å²) in [6.07, 6.45) is -0.546. The largest absolute Gasteiger partial charge is 0.394 e. The molecular formula is C7H12O5. The first-order valence-electron chi connectivity index (χ1n) is 3.95. The van der Waals surface area contributed by atoms with Gasteiger partial charge in [0.1, 0.15) is 31.9 Å². The molecule has 0 aliphatic carbocycles. The van der Waals surface area contributed by atoms with Crippen molar-refractivity contribution in [3.05, 3.63) is 0 Å². The summed E-state index contributed by atoms with van der Waals surface area (Å²) < 4.78 is 20.7. The molecule has 70 valence electrons. The van der Waals surface area contributed by atoms with Gasteiger partial charge in [-0.25, -0.2) is 0 Å². The van der Waals surface area contributed by atoms with Gasteiger partial charge in [0.25, 0.3) is 0 Å². The van der Waals surface area contributed by atoms with E-state index in [9.17, 15) is 0 Å². The average molecular weight is 176 g/mol. The maximum atomic E-state index is 8.93. The number of hydrogen-bond donors (Lipinski definition) is 1. The van der Waals surface area contributed by atoms with Crippen LogP contribution in [0.25, 0.3) is 0 Å². The van der Waals surface area contributed by atoms with Crippen molar-refractivity contribution >= 4 is 0 Å². The van der Waals surface area contributed by atoms with Gasteiger partial charge in [-0.1, -0.05) is 0 Å². The molecule has 0 amide bonds. The lowest BCUT2D eigenvalue weighted by molar-refractivity contribution is -0.304. The molecular weight excluding hydrogens is 164 g/mol. The standard InChI is InChI=1S/C7H12O5/c8-1-5-7-6(11-4-10-5)2-9-3-12-7/h5-8H,1-4H2/t5-,6-,7+/m1/s1. The van der Waals surface area contributed by atoms with Gasteiger partial charge in [0.15, 0.2) is 0 Å². The summed E-state index contributed by atoms with van der Waals surface area (Å²) in [5, 5.41) is 8.93. The molecule has 0 bridgehead atoms. The van der Waals surface area contributed by atoms with E-state index in [1.807, 2.05) is 0 Å². The van der Waals surface area contributed by atoms with Crippen LogP contribution in [0.3, 0.4) is 0 Å². The summed E-state index contributed by atoms with van der Waals surface area (Å²) in [5.74, 6) is 0. The zero-order chi connectivity index (χ0) is 8.39. The molecule has 5 heteroatoms. The van der Waals surface area contributed by atoms with Crippen LogP contribution in [0.1, 0.15) is 0 Å². The van der Waals surface area contributed by atoms with Gasteiger partial charge in [-0.2, -0.15) is 0 Å². The second kappa shape index (κ2) is 3.68. The predicted molar refractivity (Wildman–Crippen MR) is 37.4 cm³/mol. The molecule has 0 radical (unpaired) electrons. The van der Waals surface area contributed by atoms with Crippen LogP contribution >= 0.6 is 0 Å². The van der Waals surface area contributed by atoms with Crippen molar-refractivity contribution < 1.29 is 24.1 Å². The fraction of sp³-hybridized carbons (Fsp3) is 1.00. The van der Waals surface area contributed by atoms with E-state index in [0.29, 0.717) is 6.61 Å². The minimum absolute atomic E-state index is 0.0372. The highest BCUT2D eigenvalue weighted by Gasteiger charge is 2.38. The highest BCUT2D eigenvalue weighted by Crippen LogP contribution is 2.20. The zero-order valence-corrected chi connectivity index (χ0v) is 6.64. The van der Waals surface area contributed by atoms with E-state index >= 15 is 0 Å². The topological polar surface area (TPSA) is 57.2 Å². The third kappa shape index (κ3) is 1.46. The minimum Gasteiger partial charge on any atom is -0.394 e. The summed E-state index contributed by atoms with van der Waals surface area (Å²) in [5.41, 5.74) is 0. The van der Waals surface area contributed by atoms with Gasteiger partial charge in [0.05, 0.1) is 13.2 Å². The summed E-state index contributed by atoms with van der Waals surface area (Å²) in [4.78, 5) is 0. The van der Waals surface area contributed by atoms with Crippen LogP contribution in [0.5, 0.6) is 0 Å². The number of hydrogen-bond acceptors (Lipinski definition) is 5. The first-order chi connectivity index (χ1) is 5.92. The zero-order valence-electron chi connectivity index (χ0n) is 6.64. The van der Waals surface area contributed by atoms with Crippen molar-refractivity contribution in [2.24, 2.45) is 0 Å². The molecule has 12 heavy (non-hydrogen) atoms. The Hall–Kier alpha value is -0.200. The van der Waals surface area contributed by atoms with Crippen LogP contribution in [-0.2, 0) is 18.9 Å². The Labute approximate surface area is 70.2 Å². The summed E-state index contributed by atoms with van der Waals surface area (Å²) in [6.45, 7) is 0.943. The van der Waals surface area contributed by atoms with E-state index in [0.717, 1.165) is 0 Å². The molecule has 2 saturated heterocycles.